The lowest BCUT2D eigenvalue weighted by Crippen LogP contribution is -2.50. The number of halogens is 1. The van der Waals surface area contributed by atoms with Gasteiger partial charge in [0.1, 0.15) is 5.82 Å². The van der Waals surface area contributed by atoms with Crippen molar-refractivity contribution in [1.29, 1.82) is 0 Å². The van der Waals surface area contributed by atoms with E-state index in [4.69, 9.17) is 0 Å². The largest absolute Gasteiger partial charge is 0.369 e. The molecule has 2 amide bonds. The zero-order valence-corrected chi connectivity index (χ0v) is 19.1. The van der Waals surface area contributed by atoms with Crippen molar-refractivity contribution in [2.45, 2.75) is 13.0 Å². The summed E-state index contributed by atoms with van der Waals surface area (Å²) in [6.45, 7) is 5.28. The third kappa shape index (κ3) is 5.96. The molecule has 34 heavy (non-hydrogen) atoms. The van der Waals surface area contributed by atoms with Crippen molar-refractivity contribution in [1.82, 2.24) is 15.2 Å². The zero-order chi connectivity index (χ0) is 23.9. The van der Waals surface area contributed by atoms with E-state index in [0.29, 0.717) is 5.69 Å². The summed E-state index contributed by atoms with van der Waals surface area (Å²) in [7, 11) is 0. The van der Waals surface area contributed by atoms with Gasteiger partial charge in [-0.15, -0.1) is 0 Å². The Balaban J connectivity index is 1.38. The van der Waals surface area contributed by atoms with Crippen molar-refractivity contribution >= 4 is 23.2 Å². The summed E-state index contributed by atoms with van der Waals surface area (Å²) < 4.78 is 13.3. The third-order valence-corrected chi connectivity index (χ3v) is 5.99. The van der Waals surface area contributed by atoms with E-state index in [9.17, 15) is 14.0 Å². The van der Waals surface area contributed by atoms with Crippen molar-refractivity contribution in [2.24, 2.45) is 0 Å². The van der Waals surface area contributed by atoms with Crippen LogP contribution < -0.4 is 15.5 Å². The lowest BCUT2D eigenvalue weighted by atomic mass is 10.1. The van der Waals surface area contributed by atoms with Gasteiger partial charge in [0.15, 0.2) is 0 Å². The Morgan fingerprint density at radius 3 is 2.32 bits per heavy atom. The van der Waals surface area contributed by atoms with E-state index in [0.717, 1.165) is 43.0 Å². The van der Waals surface area contributed by atoms with E-state index in [1.165, 1.54) is 12.1 Å². The molecule has 0 unspecified atom stereocenters. The molecule has 1 atom stereocenters. The van der Waals surface area contributed by atoms with Gasteiger partial charge in [0, 0.05) is 56.5 Å². The van der Waals surface area contributed by atoms with Gasteiger partial charge < -0.3 is 15.5 Å². The highest BCUT2D eigenvalue weighted by atomic mass is 19.1. The molecule has 1 saturated heterocycles. The highest BCUT2D eigenvalue weighted by molar-refractivity contribution is 6.39. The van der Waals surface area contributed by atoms with Crippen molar-refractivity contribution < 1.29 is 14.0 Å². The fourth-order valence-corrected chi connectivity index (χ4v) is 4.07. The van der Waals surface area contributed by atoms with Gasteiger partial charge >= 0.3 is 11.8 Å². The maximum atomic E-state index is 13.3. The Morgan fingerprint density at radius 1 is 0.971 bits per heavy atom. The second-order valence-corrected chi connectivity index (χ2v) is 8.33. The fourth-order valence-electron chi connectivity index (χ4n) is 4.07. The van der Waals surface area contributed by atoms with E-state index >= 15 is 0 Å². The van der Waals surface area contributed by atoms with Crippen LogP contribution in [-0.2, 0) is 9.59 Å². The van der Waals surface area contributed by atoms with E-state index in [1.807, 2.05) is 31.2 Å². The number of carbonyl (C=O) groups is 2. The van der Waals surface area contributed by atoms with Gasteiger partial charge in [-0.05, 0) is 55.0 Å². The predicted octanol–water partition coefficient (Wildman–Crippen LogP) is 3.15. The number of hydrogen-bond acceptors (Lipinski definition) is 5. The zero-order valence-electron chi connectivity index (χ0n) is 19.1. The maximum absolute atomic E-state index is 13.3. The van der Waals surface area contributed by atoms with Crippen molar-refractivity contribution in [3.8, 4) is 0 Å². The first kappa shape index (κ1) is 23.4. The summed E-state index contributed by atoms with van der Waals surface area (Å²) in [6, 6.07) is 17.5. The molecule has 2 N–H and O–H groups in total. The molecule has 0 saturated carbocycles. The number of aromatic nitrogens is 1. The molecule has 0 aliphatic carbocycles. The van der Waals surface area contributed by atoms with Gasteiger partial charge in [0.05, 0.1) is 6.04 Å². The van der Waals surface area contributed by atoms with Crippen LogP contribution in [0.4, 0.5) is 15.8 Å². The fraction of sp³-hybridized carbons (Fsp3) is 0.269. The molecule has 8 heteroatoms. The van der Waals surface area contributed by atoms with Crippen LogP contribution in [-0.4, -0.2) is 54.4 Å². The van der Waals surface area contributed by atoms with E-state index in [2.05, 4.69) is 25.4 Å². The van der Waals surface area contributed by atoms with Crippen LogP contribution in [0.15, 0.2) is 73.1 Å². The maximum Gasteiger partial charge on any atom is 0.313 e. The number of aryl methyl sites for hydroxylation is 1. The number of benzene rings is 2. The van der Waals surface area contributed by atoms with Crippen LogP contribution in [0.25, 0.3) is 0 Å². The molecule has 3 aromatic rings. The summed E-state index contributed by atoms with van der Waals surface area (Å²) in [6.07, 6.45) is 3.50. The Bertz CT molecular complexity index is 1100. The molecule has 0 radical (unpaired) electrons. The van der Waals surface area contributed by atoms with Crippen LogP contribution in [0.3, 0.4) is 0 Å². The summed E-state index contributed by atoms with van der Waals surface area (Å²) >= 11 is 0. The third-order valence-electron chi connectivity index (χ3n) is 5.99. The second kappa shape index (κ2) is 10.9. The SMILES string of the molecule is Cc1ccc(NC(=O)C(=O)NC[C@@H](c2cccnc2)N2CCN(c3ccc(F)cc3)CC2)cc1. The average molecular weight is 462 g/mol. The first-order valence-corrected chi connectivity index (χ1v) is 11.3. The second-order valence-electron chi connectivity index (χ2n) is 8.33. The van der Waals surface area contributed by atoms with Gasteiger partial charge in [0.2, 0.25) is 0 Å². The standard InChI is InChI=1S/C26H28FN5O2/c1-19-4-8-22(9-5-19)30-26(34)25(33)29-18-24(20-3-2-12-28-17-20)32-15-13-31(14-16-32)23-10-6-21(27)7-11-23/h2-12,17,24H,13-16,18H2,1H3,(H,29,33)(H,30,34)/t24-/m0/s1. The molecule has 1 aliphatic rings. The van der Waals surface area contributed by atoms with Crippen molar-refractivity contribution in [2.75, 3.05) is 42.9 Å². The quantitative estimate of drug-likeness (QED) is 0.552. The summed E-state index contributed by atoms with van der Waals surface area (Å²) in [5.41, 5.74) is 3.60. The van der Waals surface area contributed by atoms with E-state index in [1.54, 1.807) is 36.7 Å². The molecule has 1 fully saturated rings. The highest BCUT2D eigenvalue weighted by Gasteiger charge is 2.27. The predicted molar refractivity (Wildman–Crippen MR) is 130 cm³/mol. The monoisotopic (exact) mass is 461 g/mol. The molecule has 1 aliphatic heterocycles. The summed E-state index contributed by atoms with van der Waals surface area (Å²) in [5.74, 6) is -1.63. The molecule has 0 spiro atoms. The molecule has 2 heterocycles. The minimum Gasteiger partial charge on any atom is -0.369 e. The molecule has 0 bridgehead atoms. The first-order chi connectivity index (χ1) is 16.5. The van der Waals surface area contributed by atoms with Crippen LogP contribution >= 0.6 is 0 Å². The van der Waals surface area contributed by atoms with Gasteiger partial charge in [0.25, 0.3) is 0 Å². The minimum atomic E-state index is -0.699. The number of nitrogens with one attached hydrogen (secondary N) is 2. The molecular weight excluding hydrogens is 433 g/mol. The molecule has 2 aromatic carbocycles. The number of piperazine rings is 1. The van der Waals surface area contributed by atoms with Crippen LogP contribution in [0.2, 0.25) is 0 Å². The van der Waals surface area contributed by atoms with Gasteiger partial charge in [-0.3, -0.25) is 19.5 Å². The lowest BCUT2D eigenvalue weighted by molar-refractivity contribution is -0.136. The van der Waals surface area contributed by atoms with Crippen molar-refractivity contribution in [3.05, 3.63) is 90.0 Å². The van der Waals surface area contributed by atoms with Crippen LogP contribution in [0.1, 0.15) is 17.2 Å². The van der Waals surface area contributed by atoms with E-state index < -0.39 is 11.8 Å². The number of pyridine rings is 1. The summed E-state index contributed by atoms with van der Waals surface area (Å²) in [4.78, 5) is 33.6. The molecular formula is C26H28FN5O2. The molecule has 4 rings (SSSR count). The Kier molecular flexibility index (Phi) is 7.49. The number of rotatable bonds is 6. The van der Waals surface area contributed by atoms with Gasteiger partial charge in [-0.25, -0.2) is 4.39 Å². The number of hydrogen-bond donors (Lipinski definition) is 2. The Morgan fingerprint density at radius 2 is 1.68 bits per heavy atom. The lowest BCUT2D eigenvalue weighted by Gasteiger charge is -2.40. The van der Waals surface area contributed by atoms with Gasteiger partial charge in [-0.2, -0.15) is 0 Å². The number of anilines is 2. The average Bonchev–Trinajstić information content (AvgIpc) is 2.87. The van der Waals surface area contributed by atoms with Crippen LogP contribution in [0.5, 0.6) is 0 Å². The topological polar surface area (TPSA) is 77.6 Å². The highest BCUT2D eigenvalue weighted by Crippen LogP contribution is 2.24. The van der Waals surface area contributed by atoms with Crippen molar-refractivity contribution in [3.63, 3.8) is 0 Å². The molecule has 1 aromatic heterocycles. The Labute approximate surface area is 198 Å². The van der Waals surface area contributed by atoms with Crippen LogP contribution in [0, 0.1) is 12.7 Å². The first-order valence-electron chi connectivity index (χ1n) is 11.3. The Hall–Kier alpha value is -3.78. The number of carbonyl (C=O) groups excluding carboxylic acids is 2. The smallest absolute Gasteiger partial charge is 0.313 e. The number of amides is 2. The normalized spacial score (nSPS) is 14.9. The molecule has 176 valence electrons. The summed E-state index contributed by atoms with van der Waals surface area (Å²) in [5, 5.41) is 5.41. The van der Waals surface area contributed by atoms with E-state index in [-0.39, 0.29) is 18.4 Å². The van der Waals surface area contributed by atoms with Gasteiger partial charge in [-0.1, -0.05) is 23.8 Å². The molecule has 7 nitrogen and oxygen atoms in total. The number of nitrogens with zero attached hydrogens (tertiary/aromatic N) is 3. The minimum absolute atomic E-state index is 0.125.